The summed E-state index contributed by atoms with van der Waals surface area (Å²) in [4.78, 5) is 22.1. The number of carbonyl (C=O) groups excluding carboxylic acids is 1. The molecule has 27 heavy (non-hydrogen) atoms. The molecule has 0 aliphatic heterocycles. The summed E-state index contributed by atoms with van der Waals surface area (Å²) in [6.07, 6.45) is 1.63. The molecule has 2 aromatic carbocycles. The van der Waals surface area contributed by atoms with Crippen molar-refractivity contribution in [2.45, 2.75) is 4.90 Å². The summed E-state index contributed by atoms with van der Waals surface area (Å²) in [5, 5.41) is 19.4. The van der Waals surface area contributed by atoms with Crippen molar-refractivity contribution in [2.75, 3.05) is 0 Å². The molecule has 0 bridgehead atoms. The second-order valence-corrected chi connectivity index (χ2v) is 7.77. The Balaban J connectivity index is 2.28. The number of aliphatic carboxylic acids is 1. The molecule has 0 unspecified atom stereocenters. The zero-order valence-corrected chi connectivity index (χ0v) is 15.1. The minimum Gasteiger partial charge on any atom is -0.507 e. The first-order chi connectivity index (χ1) is 12.7. The number of carbonyl (C=O) groups is 2. The third kappa shape index (κ3) is 3.44. The number of aromatic nitrogens is 1. The molecular formula is C18H12ClNO6S. The quantitative estimate of drug-likeness (QED) is 0.383. The van der Waals surface area contributed by atoms with Gasteiger partial charge in [0.05, 0.1) is 10.4 Å². The number of rotatable bonds is 5. The van der Waals surface area contributed by atoms with Crippen LogP contribution in [0, 0.1) is 0 Å². The van der Waals surface area contributed by atoms with Crippen molar-refractivity contribution in [1.82, 2.24) is 3.97 Å². The average molecular weight is 406 g/mol. The van der Waals surface area contributed by atoms with Crippen molar-refractivity contribution in [3.63, 3.8) is 0 Å². The van der Waals surface area contributed by atoms with E-state index in [1.807, 2.05) is 0 Å². The zero-order chi connectivity index (χ0) is 19.8. The van der Waals surface area contributed by atoms with Crippen LogP contribution in [-0.4, -0.2) is 34.4 Å². The van der Waals surface area contributed by atoms with Crippen LogP contribution >= 0.6 is 11.6 Å². The van der Waals surface area contributed by atoms with E-state index >= 15 is 0 Å². The summed E-state index contributed by atoms with van der Waals surface area (Å²) >= 11 is 5.97. The normalized spacial score (nSPS) is 12.3. The van der Waals surface area contributed by atoms with Gasteiger partial charge in [-0.25, -0.2) is 17.2 Å². The molecule has 7 nitrogen and oxygen atoms in total. The second kappa shape index (κ2) is 6.90. The lowest BCUT2D eigenvalue weighted by Gasteiger charge is -2.07. The molecule has 0 aliphatic rings. The van der Waals surface area contributed by atoms with Gasteiger partial charge in [-0.1, -0.05) is 29.8 Å². The monoisotopic (exact) mass is 405 g/mol. The van der Waals surface area contributed by atoms with Gasteiger partial charge in [-0.15, -0.1) is 0 Å². The molecule has 0 amide bonds. The van der Waals surface area contributed by atoms with Gasteiger partial charge < -0.3 is 10.2 Å². The third-order valence-corrected chi connectivity index (χ3v) is 5.71. The zero-order valence-electron chi connectivity index (χ0n) is 13.5. The molecule has 0 fully saturated rings. The molecule has 0 atom stereocenters. The molecule has 0 spiro atoms. The minimum atomic E-state index is -4.00. The Morgan fingerprint density at radius 3 is 2.33 bits per heavy atom. The van der Waals surface area contributed by atoms with E-state index in [4.69, 9.17) is 16.7 Å². The molecule has 138 valence electrons. The maximum absolute atomic E-state index is 13.0. The third-order valence-electron chi connectivity index (χ3n) is 3.79. The largest absolute Gasteiger partial charge is 0.507 e. The van der Waals surface area contributed by atoms with E-state index in [0.29, 0.717) is 6.08 Å². The number of aliphatic hydroxyl groups is 1. The number of fused-ring (bicyclic) bond motifs is 1. The molecule has 0 aliphatic carbocycles. The predicted octanol–water partition coefficient (Wildman–Crippen LogP) is 3.08. The first kappa shape index (κ1) is 18.7. The Hall–Kier alpha value is -3.10. The van der Waals surface area contributed by atoms with E-state index < -0.39 is 27.5 Å². The van der Waals surface area contributed by atoms with Crippen LogP contribution < -0.4 is 0 Å². The standard InChI is InChI=1S/C18H12ClNO6S/c19-11-6-7-15-13(8-11)14(16(21)9-17(22)18(23)24)10-20(15)27(25,26)12-4-2-1-3-5-12/h1-10,21H,(H,23,24). The lowest BCUT2D eigenvalue weighted by molar-refractivity contribution is -0.146. The second-order valence-electron chi connectivity index (χ2n) is 5.52. The predicted molar refractivity (Wildman–Crippen MR) is 99.2 cm³/mol. The lowest BCUT2D eigenvalue weighted by atomic mass is 10.1. The van der Waals surface area contributed by atoms with Crippen LogP contribution in [0.3, 0.4) is 0 Å². The van der Waals surface area contributed by atoms with Gasteiger partial charge in [-0.2, -0.15) is 0 Å². The summed E-state index contributed by atoms with van der Waals surface area (Å²) in [5.41, 5.74) is 0.169. The highest BCUT2D eigenvalue weighted by molar-refractivity contribution is 7.90. The van der Waals surface area contributed by atoms with Gasteiger partial charge in [-0.05, 0) is 30.3 Å². The van der Waals surface area contributed by atoms with E-state index in [-0.39, 0.29) is 26.4 Å². The maximum atomic E-state index is 13.0. The first-order valence-corrected chi connectivity index (χ1v) is 9.33. The number of carboxylic acid groups (broad SMARTS) is 1. The number of benzene rings is 2. The van der Waals surface area contributed by atoms with Crippen molar-refractivity contribution in [1.29, 1.82) is 0 Å². The van der Waals surface area contributed by atoms with Gasteiger partial charge in [0.1, 0.15) is 5.76 Å². The molecule has 9 heteroatoms. The molecular weight excluding hydrogens is 394 g/mol. The Bertz CT molecular complexity index is 1200. The highest BCUT2D eigenvalue weighted by Gasteiger charge is 2.23. The molecule has 1 aromatic heterocycles. The molecule has 0 radical (unpaired) electrons. The van der Waals surface area contributed by atoms with E-state index in [1.165, 1.54) is 30.3 Å². The molecule has 2 N–H and O–H groups in total. The van der Waals surface area contributed by atoms with Crippen molar-refractivity contribution in [2.24, 2.45) is 0 Å². The van der Waals surface area contributed by atoms with E-state index in [2.05, 4.69) is 0 Å². The topological polar surface area (TPSA) is 114 Å². The number of halogens is 1. The van der Waals surface area contributed by atoms with Crippen LogP contribution in [0.25, 0.3) is 16.7 Å². The van der Waals surface area contributed by atoms with Crippen molar-refractivity contribution >= 4 is 50.0 Å². The van der Waals surface area contributed by atoms with Crippen molar-refractivity contribution in [3.05, 3.63) is 71.4 Å². The summed E-state index contributed by atoms with van der Waals surface area (Å²) < 4.78 is 26.9. The average Bonchev–Trinajstić information content (AvgIpc) is 3.01. The van der Waals surface area contributed by atoms with E-state index in [0.717, 1.165) is 10.2 Å². The Labute approximate surface area is 158 Å². The van der Waals surface area contributed by atoms with Crippen LogP contribution in [0.4, 0.5) is 0 Å². The number of hydrogen-bond donors (Lipinski definition) is 2. The first-order valence-electron chi connectivity index (χ1n) is 7.51. The Morgan fingerprint density at radius 1 is 1.04 bits per heavy atom. The van der Waals surface area contributed by atoms with E-state index in [1.54, 1.807) is 18.2 Å². The number of ketones is 1. The number of nitrogens with zero attached hydrogens (tertiary/aromatic N) is 1. The summed E-state index contributed by atoms with van der Waals surface area (Å²) in [5.74, 6) is -3.78. The SMILES string of the molecule is O=C(O)C(=O)C=C(O)c1cn(S(=O)(=O)c2ccccc2)c2ccc(Cl)cc12. The summed E-state index contributed by atoms with van der Waals surface area (Å²) in [6.45, 7) is 0. The molecule has 3 aromatic rings. The smallest absolute Gasteiger partial charge is 0.376 e. The van der Waals surface area contributed by atoms with Crippen LogP contribution in [0.5, 0.6) is 0 Å². The molecule has 0 saturated carbocycles. The Morgan fingerprint density at radius 2 is 1.70 bits per heavy atom. The van der Waals surface area contributed by atoms with Crippen molar-refractivity contribution in [3.8, 4) is 0 Å². The van der Waals surface area contributed by atoms with Crippen LogP contribution in [0.15, 0.2) is 65.7 Å². The summed E-state index contributed by atoms with van der Waals surface area (Å²) in [7, 11) is -4.00. The van der Waals surface area contributed by atoms with Crippen LogP contribution in [-0.2, 0) is 19.6 Å². The van der Waals surface area contributed by atoms with Crippen LogP contribution in [0.2, 0.25) is 5.02 Å². The van der Waals surface area contributed by atoms with Gasteiger partial charge >= 0.3 is 5.97 Å². The Kier molecular flexibility index (Phi) is 4.77. The van der Waals surface area contributed by atoms with Gasteiger partial charge in [-0.3, -0.25) is 4.79 Å². The van der Waals surface area contributed by atoms with Crippen LogP contribution in [0.1, 0.15) is 5.56 Å². The van der Waals surface area contributed by atoms with Gasteiger partial charge in [0.25, 0.3) is 15.8 Å². The van der Waals surface area contributed by atoms with Crippen molar-refractivity contribution < 1.29 is 28.2 Å². The summed E-state index contributed by atoms with van der Waals surface area (Å²) in [6, 6.07) is 12.0. The highest BCUT2D eigenvalue weighted by Crippen LogP contribution is 2.31. The molecule has 3 rings (SSSR count). The number of carboxylic acids is 1. The fraction of sp³-hybridized carbons (Fsp3) is 0. The lowest BCUT2D eigenvalue weighted by Crippen LogP contribution is -2.11. The fourth-order valence-electron chi connectivity index (χ4n) is 2.55. The van der Waals surface area contributed by atoms with Gasteiger partial charge in [0.15, 0.2) is 0 Å². The molecule has 0 saturated heterocycles. The van der Waals surface area contributed by atoms with Gasteiger partial charge in [0.2, 0.25) is 0 Å². The minimum absolute atomic E-state index is 0.0217. The fourth-order valence-corrected chi connectivity index (χ4v) is 4.11. The maximum Gasteiger partial charge on any atom is 0.376 e. The number of hydrogen-bond acceptors (Lipinski definition) is 5. The van der Waals surface area contributed by atoms with E-state index in [9.17, 15) is 23.1 Å². The number of aliphatic hydroxyl groups excluding tert-OH is 1. The highest BCUT2D eigenvalue weighted by atomic mass is 35.5. The molecule has 1 heterocycles. The van der Waals surface area contributed by atoms with Gasteiger partial charge in [0, 0.05) is 28.2 Å².